The lowest BCUT2D eigenvalue weighted by molar-refractivity contribution is 0.474. The predicted octanol–water partition coefficient (Wildman–Crippen LogP) is 6.91. The summed E-state index contributed by atoms with van der Waals surface area (Å²) in [7, 11) is 0.539. The van der Waals surface area contributed by atoms with Crippen molar-refractivity contribution in [3.8, 4) is 39.7 Å². The minimum Gasteiger partial charge on any atom is -0.506 e. The Labute approximate surface area is 219 Å². The Hall–Kier alpha value is -3.77. The summed E-state index contributed by atoms with van der Waals surface area (Å²) in [6.45, 7) is 13.7. The van der Waals surface area contributed by atoms with Gasteiger partial charge in [-0.15, -0.1) is 0 Å². The first-order chi connectivity index (χ1) is 17.4. The molecular formula is C31H34N4OSi. The number of pyridine rings is 2. The minimum absolute atomic E-state index is 0.0358. The lowest BCUT2D eigenvalue weighted by Crippen LogP contribution is -2.37. The van der Waals surface area contributed by atoms with Crippen molar-refractivity contribution in [3.05, 3.63) is 78.6 Å². The van der Waals surface area contributed by atoms with Gasteiger partial charge >= 0.3 is 0 Å². The maximum absolute atomic E-state index is 10.4. The molecule has 2 aromatic carbocycles. The fourth-order valence-electron chi connectivity index (χ4n) is 4.60. The highest BCUT2D eigenvalue weighted by Gasteiger charge is 2.21. The normalized spacial score (nSPS) is 12.3. The maximum atomic E-state index is 10.4. The molecule has 37 heavy (non-hydrogen) atoms. The lowest BCUT2D eigenvalue weighted by Gasteiger charge is -2.22. The zero-order valence-corrected chi connectivity index (χ0v) is 23.7. The van der Waals surface area contributed by atoms with Crippen molar-refractivity contribution in [3.63, 3.8) is 0 Å². The van der Waals surface area contributed by atoms with Crippen molar-refractivity contribution in [1.29, 1.82) is 0 Å². The number of benzene rings is 2. The summed E-state index contributed by atoms with van der Waals surface area (Å²) in [5.41, 5.74) is 7.75. The average molecular weight is 507 g/mol. The number of aromatic hydroxyl groups is 1. The SMILES string of the molecule is Cn1c(-c2ncccc2O)nc2c(-c3cc(-c4ccc([Si](C)(C)C)cn4)cc(C(C)(C)C)c3)cccc21. The molecule has 5 aromatic rings. The summed E-state index contributed by atoms with van der Waals surface area (Å²) in [4.78, 5) is 14.3. The van der Waals surface area contributed by atoms with Crippen LogP contribution in [0.15, 0.2) is 73.1 Å². The van der Waals surface area contributed by atoms with Crippen LogP contribution in [0, 0.1) is 0 Å². The molecule has 0 saturated carbocycles. The van der Waals surface area contributed by atoms with Gasteiger partial charge in [0.1, 0.15) is 11.4 Å². The Kier molecular flexibility index (Phi) is 6.03. The molecule has 3 heterocycles. The molecule has 0 aliphatic rings. The molecule has 0 saturated heterocycles. The van der Waals surface area contributed by atoms with Gasteiger partial charge in [-0.1, -0.05) is 64.7 Å². The van der Waals surface area contributed by atoms with Crippen LogP contribution in [0.1, 0.15) is 26.3 Å². The van der Waals surface area contributed by atoms with Gasteiger partial charge in [0.2, 0.25) is 0 Å². The van der Waals surface area contributed by atoms with Crippen LogP contribution in [-0.2, 0) is 12.5 Å². The summed E-state index contributed by atoms with van der Waals surface area (Å²) in [5, 5.41) is 11.8. The van der Waals surface area contributed by atoms with Crippen LogP contribution in [0.25, 0.3) is 44.9 Å². The van der Waals surface area contributed by atoms with E-state index in [0.29, 0.717) is 11.5 Å². The molecule has 5 rings (SSSR count). The summed E-state index contributed by atoms with van der Waals surface area (Å²) in [6.07, 6.45) is 3.73. The third-order valence-electron chi connectivity index (χ3n) is 6.95. The van der Waals surface area contributed by atoms with Gasteiger partial charge in [-0.3, -0.25) is 4.98 Å². The molecule has 3 aromatic heterocycles. The fourth-order valence-corrected chi connectivity index (χ4v) is 5.64. The molecule has 188 valence electrons. The summed E-state index contributed by atoms with van der Waals surface area (Å²) in [5.74, 6) is 0.753. The molecule has 1 N–H and O–H groups in total. The molecule has 0 radical (unpaired) electrons. The third-order valence-corrected chi connectivity index (χ3v) is 8.97. The number of hydrogen-bond acceptors (Lipinski definition) is 4. The van der Waals surface area contributed by atoms with E-state index < -0.39 is 8.07 Å². The molecule has 0 aliphatic heterocycles. The fraction of sp³-hybridized carbons (Fsp3) is 0.258. The molecule has 0 aliphatic carbocycles. The quantitative estimate of drug-likeness (QED) is 0.269. The zero-order chi connectivity index (χ0) is 26.5. The van der Waals surface area contributed by atoms with Crippen molar-refractivity contribution in [2.45, 2.75) is 45.8 Å². The van der Waals surface area contributed by atoms with Gasteiger partial charge in [-0.05, 0) is 58.1 Å². The molecule has 5 nitrogen and oxygen atoms in total. The van der Waals surface area contributed by atoms with Crippen LogP contribution < -0.4 is 5.19 Å². The van der Waals surface area contributed by atoms with E-state index in [-0.39, 0.29) is 11.2 Å². The van der Waals surface area contributed by atoms with E-state index >= 15 is 0 Å². The van der Waals surface area contributed by atoms with E-state index in [9.17, 15) is 5.11 Å². The van der Waals surface area contributed by atoms with Gasteiger partial charge in [0.15, 0.2) is 5.82 Å². The highest BCUT2D eigenvalue weighted by Crippen LogP contribution is 2.37. The number of imidazole rings is 1. The predicted molar refractivity (Wildman–Crippen MR) is 156 cm³/mol. The maximum Gasteiger partial charge on any atom is 0.163 e. The van der Waals surface area contributed by atoms with Gasteiger partial charge in [0.05, 0.1) is 24.8 Å². The van der Waals surface area contributed by atoms with Crippen LogP contribution in [0.4, 0.5) is 0 Å². The van der Waals surface area contributed by atoms with Crippen LogP contribution in [0.2, 0.25) is 19.6 Å². The molecule has 0 amide bonds. The van der Waals surface area contributed by atoms with Gasteiger partial charge in [-0.25, -0.2) is 9.97 Å². The number of fused-ring (bicyclic) bond motifs is 1. The number of nitrogens with zero attached hydrogens (tertiary/aromatic N) is 4. The van der Waals surface area contributed by atoms with E-state index in [1.807, 2.05) is 11.6 Å². The molecule has 0 unspecified atom stereocenters. The molecule has 0 atom stereocenters. The Balaban J connectivity index is 1.71. The highest BCUT2D eigenvalue weighted by molar-refractivity contribution is 6.88. The Morgan fingerprint density at radius 1 is 0.865 bits per heavy atom. The second kappa shape index (κ2) is 8.96. The van der Waals surface area contributed by atoms with E-state index in [1.54, 1.807) is 18.3 Å². The van der Waals surface area contributed by atoms with Gasteiger partial charge in [-0.2, -0.15) is 0 Å². The van der Waals surface area contributed by atoms with Gasteiger partial charge in [0.25, 0.3) is 0 Å². The smallest absolute Gasteiger partial charge is 0.163 e. The summed E-state index contributed by atoms with van der Waals surface area (Å²) < 4.78 is 1.99. The van der Waals surface area contributed by atoms with Gasteiger partial charge < -0.3 is 9.67 Å². The van der Waals surface area contributed by atoms with E-state index in [4.69, 9.17) is 9.97 Å². The summed E-state index contributed by atoms with van der Waals surface area (Å²) >= 11 is 0. The largest absolute Gasteiger partial charge is 0.506 e. The first-order valence-electron chi connectivity index (χ1n) is 12.7. The Bertz CT molecular complexity index is 1610. The van der Waals surface area contributed by atoms with Crippen molar-refractivity contribution in [2.75, 3.05) is 0 Å². The van der Waals surface area contributed by atoms with Crippen LogP contribution in [-0.4, -0.2) is 32.7 Å². The lowest BCUT2D eigenvalue weighted by atomic mass is 9.83. The number of aryl methyl sites for hydroxylation is 1. The second-order valence-electron chi connectivity index (χ2n) is 11.8. The first kappa shape index (κ1) is 24.9. The number of aromatic nitrogens is 4. The Morgan fingerprint density at radius 2 is 1.62 bits per heavy atom. The molecule has 0 spiro atoms. The standard InChI is InChI=1S/C31H34N4OSi/c1-31(2,3)22-17-20(16-21(18-22)25-14-13-23(19-33-25)37(5,6)7)24-10-8-11-26-28(24)34-30(35(26)4)29-27(36)12-9-15-32-29/h8-19,36H,1-7H3. The van der Waals surface area contributed by atoms with Crippen molar-refractivity contribution in [2.24, 2.45) is 7.05 Å². The number of para-hydroxylation sites is 1. The van der Waals surface area contributed by atoms with Crippen LogP contribution in [0.5, 0.6) is 5.75 Å². The van der Waals surface area contributed by atoms with Crippen LogP contribution in [0.3, 0.4) is 0 Å². The highest BCUT2D eigenvalue weighted by atomic mass is 28.3. The minimum atomic E-state index is -1.42. The molecule has 6 heteroatoms. The first-order valence-corrected chi connectivity index (χ1v) is 16.2. The molecule has 0 bridgehead atoms. The monoisotopic (exact) mass is 506 g/mol. The van der Waals surface area contributed by atoms with Crippen molar-refractivity contribution in [1.82, 2.24) is 19.5 Å². The molecule has 0 fully saturated rings. The van der Waals surface area contributed by atoms with E-state index in [0.717, 1.165) is 33.4 Å². The number of hydrogen-bond donors (Lipinski definition) is 1. The van der Waals surface area contributed by atoms with E-state index in [1.165, 1.54) is 10.8 Å². The Morgan fingerprint density at radius 3 is 2.27 bits per heavy atom. The van der Waals surface area contributed by atoms with Crippen molar-refractivity contribution < 1.29 is 5.11 Å². The van der Waals surface area contributed by atoms with E-state index in [2.05, 4.69) is 100 Å². The number of rotatable bonds is 4. The zero-order valence-electron chi connectivity index (χ0n) is 22.7. The second-order valence-corrected chi connectivity index (χ2v) is 16.8. The van der Waals surface area contributed by atoms with Gasteiger partial charge in [0, 0.05) is 30.6 Å². The molecular weight excluding hydrogens is 472 g/mol. The van der Waals surface area contributed by atoms with Crippen molar-refractivity contribution >= 4 is 24.3 Å². The van der Waals surface area contributed by atoms with Crippen LogP contribution >= 0.6 is 0 Å². The topological polar surface area (TPSA) is 63.8 Å². The summed E-state index contributed by atoms with van der Waals surface area (Å²) in [6, 6.07) is 20.7. The average Bonchev–Trinajstić information content (AvgIpc) is 3.19. The third kappa shape index (κ3) is 4.69.